The van der Waals surface area contributed by atoms with Gasteiger partial charge in [-0.15, -0.1) is 0 Å². The Morgan fingerprint density at radius 2 is 1.57 bits per heavy atom. The first-order chi connectivity index (χ1) is 20.5. The van der Waals surface area contributed by atoms with Gasteiger partial charge >= 0.3 is 6.03 Å². The van der Waals surface area contributed by atoms with E-state index in [1.54, 1.807) is 30.3 Å². The third-order valence-electron chi connectivity index (χ3n) is 9.89. The van der Waals surface area contributed by atoms with Crippen molar-refractivity contribution in [1.82, 2.24) is 20.9 Å². The van der Waals surface area contributed by atoms with Gasteiger partial charge in [-0.05, 0) is 47.3 Å². The van der Waals surface area contributed by atoms with E-state index in [9.17, 15) is 28.8 Å². The van der Waals surface area contributed by atoms with Crippen LogP contribution in [0.15, 0.2) is 30.3 Å². The van der Waals surface area contributed by atoms with E-state index in [1.165, 1.54) is 4.90 Å². The van der Waals surface area contributed by atoms with Crippen molar-refractivity contribution in [2.24, 2.45) is 40.2 Å². The minimum Gasteiger partial charge on any atom is -0.363 e. The summed E-state index contributed by atoms with van der Waals surface area (Å²) in [4.78, 5) is 80.5. The number of hydrogen-bond donors (Lipinski definition) is 4. The number of rotatable bonds is 11. The molecule has 3 aliphatic rings. The van der Waals surface area contributed by atoms with E-state index in [0.717, 1.165) is 6.42 Å². The predicted octanol–water partition coefficient (Wildman–Crippen LogP) is 2.43. The van der Waals surface area contributed by atoms with Crippen LogP contribution in [0, 0.1) is 34.5 Å². The van der Waals surface area contributed by atoms with Gasteiger partial charge in [-0.1, -0.05) is 85.2 Å². The molecule has 5 amide bonds. The number of nitrogens with one attached hydrogen (secondary N) is 3. The van der Waals surface area contributed by atoms with Crippen LogP contribution in [0.3, 0.4) is 0 Å². The summed E-state index contributed by atoms with van der Waals surface area (Å²) in [6, 6.07) is 4.30. The molecule has 2 aliphatic carbocycles. The summed E-state index contributed by atoms with van der Waals surface area (Å²) in [6.45, 7) is 13.5. The molecule has 11 nitrogen and oxygen atoms in total. The third-order valence-corrected chi connectivity index (χ3v) is 9.89. The monoisotopic (exact) mass is 609 g/mol. The largest absolute Gasteiger partial charge is 0.363 e. The smallest absolute Gasteiger partial charge is 0.316 e. The van der Waals surface area contributed by atoms with Crippen molar-refractivity contribution >= 4 is 35.3 Å². The van der Waals surface area contributed by atoms with Gasteiger partial charge in [0.2, 0.25) is 17.6 Å². The Balaban J connectivity index is 1.54. The van der Waals surface area contributed by atoms with Crippen molar-refractivity contribution in [3.8, 4) is 0 Å². The zero-order valence-electron chi connectivity index (χ0n) is 26.8. The first-order valence-electron chi connectivity index (χ1n) is 15.6. The summed E-state index contributed by atoms with van der Waals surface area (Å²) >= 11 is 0. The molecule has 1 aromatic rings. The van der Waals surface area contributed by atoms with Gasteiger partial charge in [-0.25, -0.2) is 4.79 Å². The quantitative estimate of drug-likeness (QED) is 0.222. The second-order valence-electron chi connectivity index (χ2n) is 14.7. The summed E-state index contributed by atoms with van der Waals surface area (Å²) in [5.41, 5.74) is 4.84. The SMILES string of the molecule is CC(C)[C@H](NC(=O)N[C@H](C(=O)N1C[C@H]2[C@@H]([C@H]1C(=O)NC(C(=O)C(N)=O)C1CCC1)C2(C)C)C(C)(C)C)C(=O)c1ccccc1. The lowest BCUT2D eigenvalue weighted by atomic mass is 9.78. The maximum Gasteiger partial charge on any atom is 0.316 e. The number of primary amides is 1. The molecule has 44 heavy (non-hydrogen) atoms. The van der Waals surface area contributed by atoms with Crippen molar-refractivity contribution in [2.45, 2.75) is 91.9 Å². The first-order valence-corrected chi connectivity index (χ1v) is 15.6. The number of benzene rings is 1. The van der Waals surface area contributed by atoms with E-state index in [1.807, 2.05) is 48.5 Å². The lowest BCUT2D eigenvalue weighted by molar-refractivity contribution is -0.145. The summed E-state index contributed by atoms with van der Waals surface area (Å²) in [5.74, 6) is -3.54. The average molecular weight is 610 g/mol. The van der Waals surface area contributed by atoms with Gasteiger partial charge in [0.05, 0.1) is 6.04 Å². The number of nitrogens with zero attached hydrogens (tertiary/aromatic N) is 1. The van der Waals surface area contributed by atoms with Crippen molar-refractivity contribution in [3.05, 3.63) is 35.9 Å². The van der Waals surface area contributed by atoms with E-state index in [2.05, 4.69) is 16.0 Å². The fourth-order valence-corrected chi connectivity index (χ4v) is 6.82. The minimum absolute atomic E-state index is 0.0689. The van der Waals surface area contributed by atoms with Gasteiger partial charge < -0.3 is 26.6 Å². The second-order valence-corrected chi connectivity index (χ2v) is 14.7. The van der Waals surface area contributed by atoms with Crippen LogP contribution in [0.4, 0.5) is 4.79 Å². The van der Waals surface area contributed by atoms with E-state index in [0.29, 0.717) is 24.9 Å². The van der Waals surface area contributed by atoms with Crippen LogP contribution in [0.1, 0.15) is 78.1 Å². The number of carbonyl (C=O) groups excluding carboxylic acids is 6. The average Bonchev–Trinajstić information content (AvgIpc) is 3.24. The number of urea groups is 1. The molecule has 3 fully saturated rings. The molecule has 4 rings (SSSR count). The Morgan fingerprint density at radius 1 is 0.955 bits per heavy atom. The summed E-state index contributed by atoms with van der Waals surface area (Å²) < 4.78 is 0. The number of likely N-dealkylation sites (tertiary alicyclic amines) is 1. The van der Waals surface area contributed by atoms with E-state index >= 15 is 0 Å². The minimum atomic E-state index is -1.10. The van der Waals surface area contributed by atoms with Gasteiger partial charge in [0.15, 0.2) is 5.78 Å². The summed E-state index contributed by atoms with van der Waals surface area (Å²) in [6.07, 6.45) is 2.29. The number of nitrogens with two attached hydrogens (primary N) is 1. The van der Waals surface area contributed by atoms with E-state index in [-0.39, 0.29) is 34.9 Å². The molecule has 1 unspecified atom stereocenters. The van der Waals surface area contributed by atoms with Crippen LogP contribution in [-0.2, 0) is 19.2 Å². The fourth-order valence-electron chi connectivity index (χ4n) is 6.82. The Labute approximate surface area is 259 Å². The highest BCUT2D eigenvalue weighted by molar-refractivity contribution is 6.38. The van der Waals surface area contributed by atoms with Crippen molar-refractivity contribution < 1.29 is 28.8 Å². The molecular formula is C33H47N5O6. The van der Waals surface area contributed by atoms with Crippen LogP contribution in [0.2, 0.25) is 0 Å². The normalized spacial score (nSPS) is 24.3. The maximum absolute atomic E-state index is 14.2. The topological polar surface area (TPSA) is 168 Å². The van der Waals surface area contributed by atoms with Crippen molar-refractivity contribution in [1.29, 1.82) is 0 Å². The Kier molecular flexibility index (Phi) is 9.28. The number of piperidine rings is 1. The lowest BCUT2D eigenvalue weighted by Gasteiger charge is -2.39. The van der Waals surface area contributed by atoms with E-state index < -0.39 is 59.1 Å². The van der Waals surface area contributed by atoms with Crippen molar-refractivity contribution in [2.75, 3.05) is 6.54 Å². The number of amides is 5. The molecule has 1 heterocycles. The summed E-state index contributed by atoms with van der Waals surface area (Å²) in [5, 5.41) is 8.36. The third kappa shape index (κ3) is 6.51. The molecule has 0 aromatic heterocycles. The van der Waals surface area contributed by atoms with Gasteiger partial charge in [0.1, 0.15) is 18.1 Å². The molecule has 6 atom stereocenters. The zero-order chi connectivity index (χ0) is 32.7. The second kappa shape index (κ2) is 12.3. The van der Waals surface area contributed by atoms with Crippen LogP contribution in [-0.4, -0.2) is 70.9 Å². The van der Waals surface area contributed by atoms with Crippen molar-refractivity contribution in [3.63, 3.8) is 0 Å². The number of fused-ring (bicyclic) bond motifs is 1. The molecule has 240 valence electrons. The summed E-state index contributed by atoms with van der Waals surface area (Å²) in [7, 11) is 0. The predicted molar refractivity (Wildman–Crippen MR) is 164 cm³/mol. The standard InChI is InChI=1S/C33H47N5O6/c1-17(2)22(25(39)19-12-9-8-10-13-19)36-31(44)37-27(32(3,4)5)30(43)38-16-20-21(33(20,6)7)24(38)29(42)35-23(18-14-11-15-18)26(40)28(34)41/h8-10,12-13,17-18,20-24,27H,11,14-16H2,1-7H3,(H2,34,41)(H,35,42)(H2,36,37,44)/t20-,21-,22-,23?,24-,27+/m0/s1. The molecule has 0 radical (unpaired) electrons. The lowest BCUT2D eigenvalue weighted by Crippen LogP contribution is -2.62. The van der Waals surface area contributed by atoms with E-state index in [4.69, 9.17) is 5.73 Å². The molecule has 1 saturated heterocycles. The molecule has 0 bridgehead atoms. The highest BCUT2D eigenvalue weighted by atomic mass is 16.2. The Bertz CT molecular complexity index is 1320. The molecule has 0 spiro atoms. The number of Topliss-reactive ketones (excluding diaryl/α,β-unsaturated/α-hetero) is 2. The van der Waals surface area contributed by atoms with Crippen LogP contribution in [0.25, 0.3) is 0 Å². The molecule has 2 saturated carbocycles. The van der Waals surface area contributed by atoms with Gasteiger partial charge in [-0.3, -0.25) is 24.0 Å². The molecule has 5 N–H and O–H groups in total. The van der Waals surface area contributed by atoms with Crippen LogP contribution >= 0.6 is 0 Å². The molecular weight excluding hydrogens is 562 g/mol. The highest BCUT2D eigenvalue weighted by Gasteiger charge is 2.70. The molecule has 1 aliphatic heterocycles. The van der Waals surface area contributed by atoms with Gasteiger partial charge in [0, 0.05) is 12.1 Å². The van der Waals surface area contributed by atoms with Gasteiger partial charge in [0.25, 0.3) is 5.91 Å². The number of ketones is 2. The number of hydrogen-bond acceptors (Lipinski definition) is 6. The Morgan fingerprint density at radius 3 is 2.07 bits per heavy atom. The maximum atomic E-state index is 14.2. The van der Waals surface area contributed by atoms with Crippen LogP contribution in [0.5, 0.6) is 0 Å². The van der Waals surface area contributed by atoms with Crippen LogP contribution < -0.4 is 21.7 Å². The number of carbonyl (C=O) groups is 6. The fraction of sp³-hybridized carbons (Fsp3) is 0.636. The first kappa shape index (κ1) is 33.1. The molecule has 11 heteroatoms. The Hall–Kier alpha value is -3.76. The molecule has 1 aromatic carbocycles. The highest BCUT2D eigenvalue weighted by Crippen LogP contribution is 2.65. The zero-order valence-corrected chi connectivity index (χ0v) is 26.8. The van der Waals surface area contributed by atoms with Gasteiger partial charge in [-0.2, -0.15) is 0 Å².